The third-order valence-corrected chi connectivity index (χ3v) is 4.28. The molecule has 0 amide bonds. The Hall–Kier alpha value is -0.300. The van der Waals surface area contributed by atoms with Crippen LogP contribution in [0.2, 0.25) is 0 Å². The Balaban J connectivity index is 2.70. The van der Waals surface area contributed by atoms with Crippen LogP contribution in [0.5, 0.6) is 0 Å². The van der Waals surface area contributed by atoms with E-state index in [0.29, 0.717) is 5.41 Å². The maximum absolute atomic E-state index is 3.58. The van der Waals surface area contributed by atoms with Crippen molar-refractivity contribution in [3.63, 3.8) is 0 Å². The van der Waals surface area contributed by atoms with Gasteiger partial charge >= 0.3 is 0 Å². The minimum Gasteiger partial charge on any atom is -0.0654 e. The molecule has 0 heterocycles. The molecule has 1 aromatic rings. The van der Waals surface area contributed by atoms with Gasteiger partial charge in [-0.25, -0.2) is 0 Å². The van der Waals surface area contributed by atoms with E-state index in [1.807, 2.05) is 0 Å². The highest BCUT2D eigenvalue weighted by Gasteiger charge is 2.23. The van der Waals surface area contributed by atoms with E-state index < -0.39 is 0 Å². The van der Waals surface area contributed by atoms with Crippen molar-refractivity contribution >= 4 is 15.9 Å². The predicted octanol–water partition coefficient (Wildman–Crippen LogP) is 6.38. The number of halogens is 1. The molecule has 18 heavy (non-hydrogen) atoms. The Morgan fingerprint density at radius 2 is 1.67 bits per heavy atom. The third-order valence-electron chi connectivity index (χ3n) is 3.79. The van der Waals surface area contributed by atoms with Gasteiger partial charge < -0.3 is 0 Å². The van der Waals surface area contributed by atoms with Gasteiger partial charge in [0.2, 0.25) is 0 Å². The third kappa shape index (κ3) is 5.56. The number of benzene rings is 1. The van der Waals surface area contributed by atoms with Crippen molar-refractivity contribution in [1.82, 2.24) is 0 Å². The molecule has 0 atom stereocenters. The zero-order chi connectivity index (χ0) is 13.4. The summed E-state index contributed by atoms with van der Waals surface area (Å²) in [6.45, 7) is 7.05. The largest absolute Gasteiger partial charge is 0.0654 e. The van der Waals surface area contributed by atoms with Crippen LogP contribution in [0.25, 0.3) is 0 Å². The summed E-state index contributed by atoms with van der Waals surface area (Å²) in [6, 6.07) is 8.80. The van der Waals surface area contributed by atoms with Crippen LogP contribution in [0.4, 0.5) is 0 Å². The molecule has 0 fully saturated rings. The average molecular weight is 311 g/mol. The normalized spacial score (nSPS) is 11.8. The van der Waals surface area contributed by atoms with E-state index in [9.17, 15) is 0 Å². The van der Waals surface area contributed by atoms with Crippen molar-refractivity contribution in [3.05, 3.63) is 34.3 Å². The summed E-state index contributed by atoms with van der Waals surface area (Å²) in [6.07, 6.45) is 9.25. The van der Waals surface area contributed by atoms with Gasteiger partial charge in [-0.3, -0.25) is 0 Å². The zero-order valence-electron chi connectivity index (χ0n) is 12.1. The number of rotatable bonds is 8. The van der Waals surface area contributed by atoms with Gasteiger partial charge in [0.05, 0.1) is 0 Å². The second-order valence-electron chi connectivity index (χ2n) is 5.82. The quantitative estimate of drug-likeness (QED) is 0.522. The maximum Gasteiger partial charge on any atom is 0.0177 e. The summed E-state index contributed by atoms with van der Waals surface area (Å²) in [5.74, 6) is 0. The minimum atomic E-state index is 0.479. The summed E-state index contributed by atoms with van der Waals surface area (Å²) in [7, 11) is 0. The van der Waals surface area contributed by atoms with E-state index in [2.05, 4.69) is 61.0 Å². The van der Waals surface area contributed by atoms with Gasteiger partial charge in [-0.1, -0.05) is 74.5 Å². The van der Waals surface area contributed by atoms with Gasteiger partial charge in [-0.15, -0.1) is 0 Å². The van der Waals surface area contributed by atoms with Crippen LogP contribution < -0.4 is 0 Å². The first-order valence-electron chi connectivity index (χ1n) is 7.34. The molecule has 0 aromatic heterocycles. The molecule has 0 nitrogen and oxygen atoms in total. The number of unbranched alkanes of at least 4 members (excludes halogenated alkanes) is 2. The van der Waals surface area contributed by atoms with Gasteiger partial charge in [-0.05, 0) is 42.4 Å². The highest BCUT2D eigenvalue weighted by Crippen LogP contribution is 2.34. The van der Waals surface area contributed by atoms with Crippen molar-refractivity contribution in [2.45, 2.75) is 65.7 Å². The summed E-state index contributed by atoms with van der Waals surface area (Å²) < 4.78 is 1.20. The zero-order valence-corrected chi connectivity index (χ0v) is 13.7. The van der Waals surface area contributed by atoms with Crippen molar-refractivity contribution in [1.29, 1.82) is 0 Å². The fourth-order valence-electron chi connectivity index (χ4n) is 2.65. The van der Waals surface area contributed by atoms with Crippen LogP contribution in [-0.4, -0.2) is 0 Å². The van der Waals surface area contributed by atoms with Gasteiger partial charge in [0.25, 0.3) is 0 Å². The lowest BCUT2D eigenvalue weighted by molar-refractivity contribution is 0.254. The Labute approximate surface area is 121 Å². The first kappa shape index (κ1) is 15.8. The van der Waals surface area contributed by atoms with Gasteiger partial charge in [0.15, 0.2) is 0 Å². The Morgan fingerprint density at radius 3 is 2.17 bits per heavy atom. The van der Waals surface area contributed by atoms with Gasteiger partial charge in [0.1, 0.15) is 0 Å². The van der Waals surface area contributed by atoms with Crippen LogP contribution in [0, 0.1) is 5.41 Å². The van der Waals surface area contributed by atoms with Gasteiger partial charge in [0, 0.05) is 4.47 Å². The Morgan fingerprint density at radius 1 is 1.06 bits per heavy atom. The highest BCUT2D eigenvalue weighted by molar-refractivity contribution is 9.10. The second kappa shape index (κ2) is 7.99. The van der Waals surface area contributed by atoms with E-state index in [0.717, 1.165) is 0 Å². The maximum atomic E-state index is 3.58. The van der Waals surface area contributed by atoms with E-state index in [1.54, 1.807) is 0 Å². The molecule has 0 spiro atoms. The van der Waals surface area contributed by atoms with Crippen molar-refractivity contribution in [3.8, 4) is 0 Å². The first-order valence-corrected chi connectivity index (χ1v) is 8.13. The van der Waals surface area contributed by atoms with Crippen LogP contribution in [-0.2, 0) is 6.42 Å². The molecular formula is C17H27Br. The molecule has 0 saturated carbocycles. The molecule has 0 radical (unpaired) electrons. The predicted molar refractivity (Wildman–Crippen MR) is 85.0 cm³/mol. The number of hydrogen-bond acceptors (Lipinski definition) is 0. The van der Waals surface area contributed by atoms with Crippen LogP contribution in [0.1, 0.15) is 64.9 Å². The summed E-state index contributed by atoms with van der Waals surface area (Å²) >= 11 is 3.58. The van der Waals surface area contributed by atoms with Gasteiger partial charge in [-0.2, -0.15) is 0 Å². The van der Waals surface area contributed by atoms with Crippen LogP contribution in [0.15, 0.2) is 28.7 Å². The van der Waals surface area contributed by atoms with E-state index >= 15 is 0 Å². The molecular weight excluding hydrogens is 284 g/mol. The van der Waals surface area contributed by atoms with Crippen LogP contribution in [0.3, 0.4) is 0 Å². The molecule has 0 aliphatic carbocycles. The van der Waals surface area contributed by atoms with E-state index in [1.165, 1.54) is 55.0 Å². The lowest BCUT2D eigenvalue weighted by Crippen LogP contribution is -2.19. The fraction of sp³-hybridized carbons (Fsp3) is 0.647. The molecule has 0 aliphatic heterocycles. The fourth-order valence-corrected chi connectivity index (χ4v) is 3.10. The summed E-state index contributed by atoms with van der Waals surface area (Å²) in [5, 5.41) is 0. The minimum absolute atomic E-state index is 0.479. The van der Waals surface area contributed by atoms with Crippen molar-refractivity contribution < 1.29 is 0 Å². The number of hydrogen-bond donors (Lipinski definition) is 0. The Kier molecular flexibility index (Phi) is 6.99. The molecule has 102 valence electrons. The lowest BCUT2D eigenvalue weighted by atomic mass is 9.75. The first-order chi connectivity index (χ1) is 8.59. The Bertz CT molecular complexity index is 335. The summed E-state index contributed by atoms with van der Waals surface area (Å²) in [4.78, 5) is 0. The smallest absolute Gasteiger partial charge is 0.0177 e. The SMILES string of the molecule is CCCCC(C)(CCCC)Cc1cccc(Br)c1. The monoisotopic (exact) mass is 310 g/mol. The highest BCUT2D eigenvalue weighted by atomic mass is 79.9. The average Bonchev–Trinajstić information content (AvgIpc) is 2.34. The van der Waals surface area contributed by atoms with Crippen molar-refractivity contribution in [2.24, 2.45) is 5.41 Å². The molecule has 0 saturated heterocycles. The lowest BCUT2D eigenvalue weighted by Gasteiger charge is -2.30. The van der Waals surface area contributed by atoms with Crippen LogP contribution >= 0.6 is 15.9 Å². The second-order valence-corrected chi connectivity index (χ2v) is 6.74. The molecule has 0 aliphatic rings. The van der Waals surface area contributed by atoms with Crippen molar-refractivity contribution in [2.75, 3.05) is 0 Å². The summed E-state index contributed by atoms with van der Waals surface area (Å²) in [5.41, 5.74) is 1.95. The molecule has 0 unspecified atom stereocenters. The standard InChI is InChI=1S/C17H27Br/c1-4-6-11-17(3,12-7-5-2)14-15-9-8-10-16(18)13-15/h8-10,13H,4-7,11-12,14H2,1-3H3. The topological polar surface area (TPSA) is 0 Å². The molecule has 0 bridgehead atoms. The molecule has 1 aromatic carbocycles. The molecule has 0 N–H and O–H groups in total. The molecule has 1 rings (SSSR count). The molecule has 1 heteroatoms. The van der Waals surface area contributed by atoms with E-state index in [-0.39, 0.29) is 0 Å². The van der Waals surface area contributed by atoms with E-state index in [4.69, 9.17) is 0 Å².